The largest absolute Gasteiger partial charge is 0.310 e. The van der Waals surface area contributed by atoms with Crippen LogP contribution < -0.4 is 5.32 Å². The second-order valence-corrected chi connectivity index (χ2v) is 4.37. The first-order valence-corrected chi connectivity index (χ1v) is 6.34. The third-order valence-electron chi connectivity index (χ3n) is 2.91. The molecule has 96 valence electrons. The van der Waals surface area contributed by atoms with E-state index in [1.54, 1.807) is 6.92 Å². The highest BCUT2D eigenvalue weighted by atomic mass is 19.1. The first kappa shape index (κ1) is 14.1. The smallest absolute Gasteiger partial charge is 0.130 e. The lowest BCUT2D eigenvalue weighted by atomic mass is 10.1. The van der Waals surface area contributed by atoms with Gasteiger partial charge in [0, 0.05) is 11.6 Å². The van der Waals surface area contributed by atoms with Crippen molar-refractivity contribution >= 4 is 0 Å². The van der Waals surface area contributed by atoms with Crippen LogP contribution in [0.1, 0.15) is 51.1 Å². The molecule has 1 rings (SSSR count). The third-order valence-corrected chi connectivity index (χ3v) is 2.91. The lowest BCUT2D eigenvalue weighted by Crippen LogP contribution is -2.21. The Bertz CT molecular complexity index is 319. The van der Waals surface area contributed by atoms with E-state index >= 15 is 0 Å². The Morgan fingerprint density at radius 2 is 1.76 bits per heavy atom. The number of rotatable bonds is 7. The summed E-state index contributed by atoms with van der Waals surface area (Å²) in [6.45, 7) is 4.75. The van der Waals surface area contributed by atoms with E-state index in [-0.39, 0.29) is 11.6 Å². The van der Waals surface area contributed by atoms with E-state index in [0.29, 0.717) is 0 Å². The van der Waals surface area contributed by atoms with Crippen molar-refractivity contribution in [3.63, 3.8) is 0 Å². The van der Waals surface area contributed by atoms with Crippen molar-refractivity contribution in [1.29, 1.82) is 0 Å². The molecule has 1 aromatic rings. The van der Waals surface area contributed by atoms with Crippen molar-refractivity contribution in [2.45, 2.75) is 45.6 Å². The molecule has 0 amide bonds. The van der Waals surface area contributed by atoms with Gasteiger partial charge in [0.25, 0.3) is 0 Å². The highest BCUT2D eigenvalue weighted by Gasteiger charge is 2.14. The molecule has 0 aliphatic heterocycles. The van der Waals surface area contributed by atoms with Gasteiger partial charge in [0.2, 0.25) is 0 Å². The molecule has 0 aliphatic rings. The molecule has 17 heavy (non-hydrogen) atoms. The minimum absolute atomic E-state index is 0.142. The van der Waals surface area contributed by atoms with E-state index in [9.17, 15) is 8.78 Å². The van der Waals surface area contributed by atoms with Crippen LogP contribution in [-0.4, -0.2) is 6.54 Å². The second kappa shape index (κ2) is 7.38. The topological polar surface area (TPSA) is 12.0 Å². The fourth-order valence-electron chi connectivity index (χ4n) is 1.90. The molecule has 3 heteroatoms. The fourth-order valence-corrected chi connectivity index (χ4v) is 1.90. The summed E-state index contributed by atoms with van der Waals surface area (Å²) < 4.78 is 26.9. The lowest BCUT2D eigenvalue weighted by molar-refractivity contribution is 0.478. The molecular formula is C14H21F2N. The minimum Gasteiger partial charge on any atom is -0.310 e. The molecule has 0 spiro atoms. The van der Waals surface area contributed by atoms with Gasteiger partial charge in [-0.15, -0.1) is 0 Å². The SMILES string of the molecule is CCCCCCNC(C)c1c(F)cccc1F. The molecule has 0 heterocycles. The summed E-state index contributed by atoms with van der Waals surface area (Å²) in [4.78, 5) is 0. The summed E-state index contributed by atoms with van der Waals surface area (Å²) in [7, 11) is 0. The van der Waals surface area contributed by atoms with Gasteiger partial charge in [0.05, 0.1) is 0 Å². The van der Waals surface area contributed by atoms with Crippen molar-refractivity contribution in [2.75, 3.05) is 6.54 Å². The first-order chi connectivity index (χ1) is 8.16. The van der Waals surface area contributed by atoms with Crippen molar-refractivity contribution < 1.29 is 8.78 Å². The van der Waals surface area contributed by atoms with Gasteiger partial charge in [-0.3, -0.25) is 0 Å². The summed E-state index contributed by atoms with van der Waals surface area (Å²) in [5, 5.41) is 3.16. The summed E-state index contributed by atoms with van der Waals surface area (Å²) in [6.07, 6.45) is 4.62. The molecule has 0 saturated carbocycles. The maximum absolute atomic E-state index is 13.5. The fraction of sp³-hybridized carbons (Fsp3) is 0.571. The van der Waals surface area contributed by atoms with Gasteiger partial charge >= 0.3 is 0 Å². The van der Waals surface area contributed by atoms with E-state index in [4.69, 9.17) is 0 Å². The Hall–Kier alpha value is -0.960. The number of hydrogen-bond donors (Lipinski definition) is 1. The Kier molecular flexibility index (Phi) is 6.12. The predicted molar refractivity (Wildman–Crippen MR) is 66.9 cm³/mol. The summed E-state index contributed by atoms with van der Waals surface area (Å²) in [5.74, 6) is -0.947. The molecule has 0 radical (unpaired) electrons. The number of unbranched alkanes of at least 4 members (excludes halogenated alkanes) is 3. The monoisotopic (exact) mass is 241 g/mol. The zero-order valence-corrected chi connectivity index (χ0v) is 10.6. The molecule has 0 fully saturated rings. The van der Waals surface area contributed by atoms with Gasteiger partial charge in [-0.25, -0.2) is 8.78 Å². The molecule has 1 atom stereocenters. The average Bonchev–Trinajstić information content (AvgIpc) is 2.28. The number of halogens is 2. The molecule has 1 nitrogen and oxygen atoms in total. The normalized spacial score (nSPS) is 12.7. The summed E-state index contributed by atoms with van der Waals surface area (Å²) in [6, 6.07) is 3.71. The van der Waals surface area contributed by atoms with Crippen LogP contribution in [0.15, 0.2) is 18.2 Å². The van der Waals surface area contributed by atoms with Gasteiger partial charge < -0.3 is 5.32 Å². The van der Waals surface area contributed by atoms with Crippen molar-refractivity contribution in [3.05, 3.63) is 35.4 Å². The Morgan fingerprint density at radius 1 is 1.12 bits per heavy atom. The van der Waals surface area contributed by atoms with Gasteiger partial charge in [-0.1, -0.05) is 32.3 Å². The van der Waals surface area contributed by atoms with Crippen LogP contribution in [-0.2, 0) is 0 Å². The minimum atomic E-state index is -0.474. The van der Waals surface area contributed by atoms with Crippen LogP contribution in [0.5, 0.6) is 0 Å². The van der Waals surface area contributed by atoms with E-state index in [1.807, 2.05) is 0 Å². The molecule has 0 aromatic heterocycles. The summed E-state index contributed by atoms with van der Waals surface area (Å²) in [5.41, 5.74) is 0.142. The van der Waals surface area contributed by atoms with E-state index in [0.717, 1.165) is 19.4 Å². The van der Waals surface area contributed by atoms with Gasteiger partial charge in [-0.05, 0) is 32.0 Å². The standard InChI is InChI=1S/C14H21F2N/c1-3-4-5-6-10-17-11(2)14-12(15)8-7-9-13(14)16/h7-9,11,17H,3-6,10H2,1-2H3. The molecule has 0 bridgehead atoms. The maximum Gasteiger partial charge on any atom is 0.130 e. The Morgan fingerprint density at radius 3 is 2.35 bits per heavy atom. The van der Waals surface area contributed by atoms with E-state index in [1.165, 1.54) is 31.0 Å². The van der Waals surface area contributed by atoms with Crippen LogP contribution in [0, 0.1) is 11.6 Å². The molecular weight excluding hydrogens is 220 g/mol. The molecule has 1 N–H and O–H groups in total. The van der Waals surface area contributed by atoms with Gasteiger partial charge in [0.1, 0.15) is 11.6 Å². The molecule has 1 aromatic carbocycles. The highest BCUT2D eigenvalue weighted by Crippen LogP contribution is 2.20. The lowest BCUT2D eigenvalue weighted by Gasteiger charge is -2.15. The highest BCUT2D eigenvalue weighted by molar-refractivity contribution is 5.22. The first-order valence-electron chi connectivity index (χ1n) is 6.34. The number of nitrogens with one attached hydrogen (secondary N) is 1. The van der Waals surface area contributed by atoms with Gasteiger partial charge in [0.15, 0.2) is 0 Å². The maximum atomic E-state index is 13.5. The second-order valence-electron chi connectivity index (χ2n) is 4.37. The molecule has 0 aliphatic carbocycles. The quantitative estimate of drug-likeness (QED) is 0.706. The number of hydrogen-bond acceptors (Lipinski definition) is 1. The number of benzene rings is 1. The van der Waals surface area contributed by atoms with Crippen molar-refractivity contribution in [3.8, 4) is 0 Å². The third kappa shape index (κ3) is 4.43. The molecule has 0 saturated heterocycles. The zero-order chi connectivity index (χ0) is 12.7. The van der Waals surface area contributed by atoms with Crippen LogP contribution in [0.4, 0.5) is 8.78 Å². The van der Waals surface area contributed by atoms with Crippen LogP contribution >= 0.6 is 0 Å². The Labute approximate surface area is 102 Å². The summed E-state index contributed by atoms with van der Waals surface area (Å²) >= 11 is 0. The van der Waals surface area contributed by atoms with E-state index < -0.39 is 11.6 Å². The predicted octanol–water partition coefficient (Wildman–Crippen LogP) is 4.20. The molecule has 1 unspecified atom stereocenters. The van der Waals surface area contributed by atoms with Crippen molar-refractivity contribution in [1.82, 2.24) is 5.32 Å². The van der Waals surface area contributed by atoms with Crippen LogP contribution in [0.25, 0.3) is 0 Å². The van der Waals surface area contributed by atoms with Crippen LogP contribution in [0.2, 0.25) is 0 Å². The average molecular weight is 241 g/mol. The van der Waals surface area contributed by atoms with Crippen molar-refractivity contribution in [2.24, 2.45) is 0 Å². The van der Waals surface area contributed by atoms with E-state index in [2.05, 4.69) is 12.2 Å². The van der Waals surface area contributed by atoms with Crippen LogP contribution in [0.3, 0.4) is 0 Å². The zero-order valence-electron chi connectivity index (χ0n) is 10.6. The Balaban J connectivity index is 2.44. The van der Waals surface area contributed by atoms with Gasteiger partial charge in [-0.2, -0.15) is 0 Å².